The van der Waals surface area contributed by atoms with Crippen molar-refractivity contribution in [2.24, 2.45) is 5.84 Å². The Morgan fingerprint density at radius 3 is 2.43 bits per heavy atom. The van der Waals surface area contributed by atoms with Crippen molar-refractivity contribution in [2.45, 2.75) is 43.0 Å². The van der Waals surface area contributed by atoms with Gasteiger partial charge in [0.1, 0.15) is 16.7 Å². The van der Waals surface area contributed by atoms with Gasteiger partial charge in [-0.05, 0) is 19.1 Å². The van der Waals surface area contributed by atoms with E-state index in [0.29, 0.717) is 10.8 Å². The summed E-state index contributed by atoms with van der Waals surface area (Å²) in [5.41, 5.74) is 3.41. The number of nitrogens with one attached hydrogen (secondary N) is 1. The van der Waals surface area contributed by atoms with Gasteiger partial charge in [-0.15, -0.1) is 0 Å². The predicted molar refractivity (Wildman–Crippen MR) is 88.9 cm³/mol. The van der Waals surface area contributed by atoms with Crippen molar-refractivity contribution in [3.05, 3.63) is 40.7 Å². The molecule has 4 nitrogen and oxygen atoms in total. The molecule has 1 aromatic carbocycles. The first kappa shape index (κ1) is 16.1. The van der Waals surface area contributed by atoms with E-state index in [1.54, 1.807) is 0 Å². The SMILES string of the molecule is Cc1c(NN)nc(C(C)(C)C)nc1Sc1ccccc1Cl. The Morgan fingerprint density at radius 1 is 1.19 bits per heavy atom. The first-order valence-corrected chi connectivity index (χ1v) is 7.80. The molecule has 112 valence electrons. The van der Waals surface area contributed by atoms with Gasteiger partial charge >= 0.3 is 0 Å². The zero-order valence-corrected chi connectivity index (χ0v) is 14.1. The molecule has 0 radical (unpaired) electrons. The van der Waals surface area contributed by atoms with E-state index in [1.165, 1.54) is 11.8 Å². The Bertz CT molecular complexity index is 653. The van der Waals surface area contributed by atoms with Gasteiger partial charge < -0.3 is 5.43 Å². The van der Waals surface area contributed by atoms with Crippen LogP contribution in [0.25, 0.3) is 0 Å². The van der Waals surface area contributed by atoms with Crippen LogP contribution in [0.2, 0.25) is 5.02 Å². The Morgan fingerprint density at radius 2 is 1.86 bits per heavy atom. The monoisotopic (exact) mass is 322 g/mol. The molecule has 3 N–H and O–H groups in total. The molecule has 0 unspecified atom stereocenters. The highest BCUT2D eigenvalue weighted by Gasteiger charge is 2.21. The fraction of sp³-hybridized carbons (Fsp3) is 0.333. The van der Waals surface area contributed by atoms with Gasteiger partial charge in [-0.2, -0.15) is 0 Å². The lowest BCUT2D eigenvalue weighted by atomic mass is 9.95. The quantitative estimate of drug-likeness (QED) is 0.504. The molecule has 1 heterocycles. The second kappa shape index (κ2) is 6.22. The van der Waals surface area contributed by atoms with Crippen molar-refractivity contribution in [3.8, 4) is 0 Å². The summed E-state index contributed by atoms with van der Waals surface area (Å²) in [5.74, 6) is 6.97. The summed E-state index contributed by atoms with van der Waals surface area (Å²) in [6.45, 7) is 8.16. The van der Waals surface area contributed by atoms with Gasteiger partial charge in [0.15, 0.2) is 0 Å². The number of anilines is 1. The van der Waals surface area contributed by atoms with E-state index in [1.807, 2.05) is 31.2 Å². The van der Waals surface area contributed by atoms with Crippen molar-refractivity contribution >= 4 is 29.2 Å². The van der Waals surface area contributed by atoms with Crippen molar-refractivity contribution in [1.29, 1.82) is 0 Å². The molecule has 21 heavy (non-hydrogen) atoms. The number of nitrogen functional groups attached to an aromatic ring is 1. The van der Waals surface area contributed by atoms with Crippen molar-refractivity contribution < 1.29 is 0 Å². The van der Waals surface area contributed by atoms with E-state index in [9.17, 15) is 0 Å². The van der Waals surface area contributed by atoms with Crippen LogP contribution in [0.4, 0.5) is 5.82 Å². The molecule has 0 aliphatic heterocycles. The highest BCUT2D eigenvalue weighted by Crippen LogP contribution is 2.36. The largest absolute Gasteiger partial charge is 0.308 e. The molecule has 1 aromatic heterocycles. The van der Waals surface area contributed by atoms with E-state index >= 15 is 0 Å². The third-order valence-electron chi connectivity index (χ3n) is 2.95. The number of benzene rings is 1. The Labute approximate surface area is 134 Å². The Hall–Kier alpha value is -1.30. The number of hydrazine groups is 1. The second-order valence-electron chi connectivity index (χ2n) is 5.75. The van der Waals surface area contributed by atoms with E-state index in [0.717, 1.165) is 21.3 Å². The van der Waals surface area contributed by atoms with Gasteiger partial charge in [-0.3, -0.25) is 0 Å². The molecule has 0 aliphatic carbocycles. The zero-order valence-electron chi connectivity index (χ0n) is 12.6. The van der Waals surface area contributed by atoms with Crippen LogP contribution >= 0.6 is 23.4 Å². The van der Waals surface area contributed by atoms with Crippen molar-refractivity contribution in [1.82, 2.24) is 9.97 Å². The predicted octanol–water partition coefficient (Wildman–Crippen LogP) is 4.17. The first-order chi connectivity index (χ1) is 9.82. The maximum atomic E-state index is 6.23. The van der Waals surface area contributed by atoms with Gasteiger partial charge in [0, 0.05) is 15.9 Å². The maximum absolute atomic E-state index is 6.23. The number of hydrogen-bond donors (Lipinski definition) is 2. The zero-order chi connectivity index (χ0) is 15.6. The van der Waals surface area contributed by atoms with E-state index in [2.05, 4.69) is 36.2 Å². The molecule has 0 saturated heterocycles. The van der Waals surface area contributed by atoms with Crippen molar-refractivity contribution in [3.63, 3.8) is 0 Å². The van der Waals surface area contributed by atoms with E-state index in [-0.39, 0.29) is 5.41 Å². The molecule has 0 saturated carbocycles. The summed E-state index contributed by atoms with van der Waals surface area (Å²) in [5, 5.41) is 1.57. The number of hydrogen-bond acceptors (Lipinski definition) is 5. The van der Waals surface area contributed by atoms with Gasteiger partial charge in [0.2, 0.25) is 0 Å². The molecule has 0 atom stereocenters. The van der Waals surface area contributed by atoms with Crippen LogP contribution in [-0.2, 0) is 5.41 Å². The van der Waals surface area contributed by atoms with E-state index in [4.69, 9.17) is 17.4 Å². The fourth-order valence-corrected chi connectivity index (χ4v) is 2.86. The summed E-state index contributed by atoms with van der Waals surface area (Å²) in [4.78, 5) is 10.1. The lowest BCUT2D eigenvalue weighted by molar-refractivity contribution is 0.538. The van der Waals surface area contributed by atoms with Gasteiger partial charge in [-0.25, -0.2) is 15.8 Å². The van der Waals surface area contributed by atoms with Crippen LogP contribution < -0.4 is 11.3 Å². The topological polar surface area (TPSA) is 63.8 Å². The standard InChI is InChI=1S/C15H19ClN4S/c1-9-12(20-17)18-14(15(2,3)4)19-13(9)21-11-8-6-5-7-10(11)16/h5-8H,17H2,1-4H3,(H,18,19,20). The third-order valence-corrected chi connectivity index (χ3v) is 4.56. The van der Waals surface area contributed by atoms with Crippen LogP contribution in [0, 0.1) is 6.92 Å². The number of nitrogens with two attached hydrogens (primary N) is 1. The summed E-state index contributed by atoms with van der Waals surface area (Å²) in [7, 11) is 0. The van der Waals surface area contributed by atoms with Crippen LogP contribution in [-0.4, -0.2) is 9.97 Å². The van der Waals surface area contributed by atoms with E-state index < -0.39 is 0 Å². The second-order valence-corrected chi connectivity index (χ2v) is 7.19. The molecule has 2 rings (SSSR count). The minimum atomic E-state index is -0.158. The molecule has 0 amide bonds. The number of halogens is 1. The Kier molecular flexibility index (Phi) is 4.76. The van der Waals surface area contributed by atoms with Crippen LogP contribution in [0.5, 0.6) is 0 Å². The van der Waals surface area contributed by atoms with Gasteiger partial charge in [0.05, 0.1) is 5.02 Å². The minimum Gasteiger partial charge on any atom is -0.308 e. The Balaban J connectivity index is 2.50. The minimum absolute atomic E-state index is 0.158. The number of aromatic nitrogens is 2. The molecule has 6 heteroatoms. The maximum Gasteiger partial charge on any atom is 0.147 e. The van der Waals surface area contributed by atoms with Crippen LogP contribution in [0.15, 0.2) is 34.2 Å². The summed E-state index contributed by atoms with van der Waals surface area (Å²) in [6.07, 6.45) is 0. The molecule has 2 aromatic rings. The molecule has 0 aliphatic rings. The fourth-order valence-electron chi connectivity index (χ4n) is 1.70. The molecule has 0 bridgehead atoms. The molecular weight excluding hydrogens is 304 g/mol. The summed E-state index contributed by atoms with van der Waals surface area (Å²) < 4.78 is 0. The molecular formula is C15H19ClN4S. The van der Waals surface area contributed by atoms with Crippen LogP contribution in [0.1, 0.15) is 32.2 Å². The average molecular weight is 323 g/mol. The number of rotatable bonds is 3. The van der Waals surface area contributed by atoms with Crippen LogP contribution in [0.3, 0.4) is 0 Å². The highest BCUT2D eigenvalue weighted by molar-refractivity contribution is 7.99. The normalized spacial score (nSPS) is 11.5. The average Bonchev–Trinajstić information content (AvgIpc) is 2.42. The first-order valence-electron chi connectivity index (χ1n) is 6.61. The number of nitrogens with zero attached hydrogens (tertiary/aromatic N) is 2. The highest BCUT2D eigenvalue weighted by atomic mass is 35.5. The third kappa shape index (κ3) is 3.67. The smallest absolute Gasteiger partial charge is 0.147 e. The van der Waals surface area contributed by atoms with Crippen molar-refractivity contribution in [2.75, 3.05) is 5.43 Å². The van der Waals surface area contributed by atoms with Gasteiger partial charge in [-0.1, -0.05) is 56.3 Å². The molecule has 0 fully saturated rings. The molecule has 0 spiro atoms. The van der Waals surface area contributed by atoms with Gasteiger partial charge in [0.25, 0.3) is 0 Å². The summed E-state index contributed by atoms with van der Waals surface area (Å²) in [6, 6.07) is 7.71. The summed E-state index contributed by atoms with van der Waals surface area (Å²) >= 11 is 7.75. The lowest BCUT2D eigenvalue weighted by Crippen LogP contribution is -2.20. The lowest BCUT2D eigenvalue weighted by Gasteiger charge is -2.20.